The average molecular weight is 187 g/mol. The monoisotopic (exact) mass is 187 g/mol. The topological polar surface area (TPSA) is 12.9 Å². The van der Waals surface area contributed by atoms with E-state index in [0.717, 1.165) is 6.42 Å². The number of allylic oxidation sites excluding steroid dienone is 2. The van der Waals surface area contributed by atoms with Gasteiger partial charge < -0.3 is 0 Å². The smallest absolute Gasteiger partial charge is 0.0346 e. The van der Waals surface area contributed by atoms with E-state index >= 15 is 0 Å². The van der Waals surface area contributed by atoms with Crippen LogP contribution in [0.3, 0.4) is 0 Å². The number of rotatable bonds is 0. The van der Waals surface area contributed by atoms with Gasteiger partial charge in [-0.25, -0.2) is 0 Å². The van der Waals surface area contributed by atoms with E-state index in [2.05, 4.69) is 36.2 Å². The maximum Gasteiger partial charge on any atom is 0.0346 e. The Balaban J connectivity index is 0.000000461. The number of nitrogens with zero attached hydrogens (tertiary/aromatic N) is 1. The van der Waals surface area contributed by atoms with Gasteiger partial charge >= 0.3 is 0 Å². The highest BCUT2D eigenvalue weighted by Gasteiger charge is 2.01. The van der Waals surface area contributed by atoms with Crippen molar-refractivity contribution in [3.8, 4) is 0 Å². The number of pyridine rings is 1. The van der Waals surface area contributed by atoms with Crippen LogP contribution in [0.25, 0.3) is 12.2 Å². The van der Waals surface area contributed by atoms with Crippen LogP contribution >= 0.6 is 0 Å². The Morgan fingerprint density at radius 1 is 1.07 bits per heavy atom. The molecule has 1 aliphatic carbocycles. The first kappa shape index (κ1) is 10.7. The largest absolute Gasteiger partial charge is 0.264 e. The molecule has 0 saturated heterocycles. The maximum atomic E-state index is 4.15. The van der Waals surface area contributed by atoms with Crippen molar-refractivity contribution in [2.75, 3.05) is 0 Å². The standard InChI is InChI=1S/C11H11N.C2H6/c1-9-7-12-8-10-5-3-2-4-6-11(9)10;1-2/h3-8H,2H2,1H3;1-2H3. The molecule has 1 heterocycles. The molecule has 0 amide bonds. The molecule has 14 heavy (non-hydrogen) atoms. The first-order chi connectivity index (χ1) is 6.88. The van der Waals surface area contributed by atoms with E-state index in [9.17, 15) is 0 Å². The molecular formula is C13H17N. The minimum Gasteiger partial charge on any atom is -0.264 e. The summed E-state index contributed by atoms with van der Waals surface area (Å²) in [6.07, 6.45) is 13.5. The third kappa shape index (κ3) is 2.32. The third-order valence-corrected chi connectivity index (χ3v) is 2.07. The van der Waals surface area contributed by atoms with Gasteiger partial charge in [-0.15, -0.1) is 0 Å². The predicted molar refractivity (Wildman–Crippen MR) is 63.0 cm³/mol. The van der Waals surface area contributed by atoms with E-state index in [4.69, 9.17) is 0 Å². The minimum atomic E-state index is 1.02. The predicted octanol–water partition coefficient (Wildman–Crippen LogP) is 3.85. The summed E-state index contributed by atoms with van der Waals surface area (Å²) in [7, 11) is 0. The second-order valence-corrected chi connectivity index (χ2v) is 3.00. The Bertz CT molecular complexity index is 348. The van der Waals surface area contributed by atoms with E-state index in [1.54, 1.807) is 0 Å². The highest BCUT2D eigenvalue weighted by Crippen LogP contribution is 2.18. The zero-order valence-electron chi connectivity index (χ0n) is 9.12. The van der Waals surface area contributed by atoms with Crippen LogP contribution in [0.2, 0.25) is 0 Å². The third-order valence-electron chi connectivity index (χ3n) is 2.07. The van der Waals surface area contributed by atoms with Crippen LogP contribution in [-0.4, -0.2) is 4.98 Å². The molecule has 0 saturated carbocycles. The van der Waals surface area contributed by atoms with Crippen LogP contribution in [0.1, 0.15) is 37.0 Å². The number of hydrogen-bond donors (Lipinski definition) is 0. The van der Waals surface area contributed by atoms with Gasteiger partial charge in [0.25, 0.3) is 0 Å². The molecule has 0 atom stereocenters. The fraction of sp³-hybridized carbons (Fsp3) is 0.308. The Morgan fingerprint density at radius 3 is 2.57 bits per heavy atom. The second-order valence-electron chi connectivity index (χ2n) is 3.00. The van der Waals surface area contributed by atoms with Crippen LogP contribution < -0.4 is 0 Å². The molecule has 0 aliphatic heterocycles. The van der Waals surface area contributed by atoms with E-state index in [1.165, 1.54) is 16.7 Å². The summed E-state index contributed by atoms with van der Waals surface area (Å²) in [6.45, 7) is 6.09. The van der Waals surface area contributed by atoms with Crippen LogP contribution in [0.5, 0.6) is 0 Å². The van der Waals surface area contributed by atoms with Gasteiger partial charge in [-0.2, -0.15) is 0 Å². The van der Waals surface area contributed by atoms with Gasteiger partial charge in [-0.05, 0) is 30.0 Å². The zero-order chi connectivity index (χ0) is 10.4. The lowest BCUT2D eigenvalue weighted by atomic mass is 10.1. The zero-order valence-corrected chi connectivity index (χ0v) is 9.12. The van der Waals surface area contributed by atoms with Crippen molar-refractivity contribution < 1.29 is 0 Å². The fourth-order valence-corrected chi connectivity index (χ4v) is 1.42. The van der Waals surface area contributed by atoms with Crippen molar-refractivity contribution >= 4 is 12.2 Å². The molecule has 0 radical (unpaired) electrons. The summed E-state index contributed by atoms with van der Waals surface area (Å²) in [5.41, 5.74) is 3.78. The normalized spacial score (nSPS) is 12.5. The van der Waals surface area contributed by atoms with Crippen molar-refractivity contribution in [3.63, 3.8) is 0 Å². The molecule has 0 aromatic carbocycles. The van der Waals surface area contributed by atoms with Crippen molar-refractivity contribution in [2.24, 2.45) is 0 Å². The van der Waals surface area contributed by atoms with Gasteiger partial charge in [0.15, 0.2) is 0 Å². The SMILES string of the molecule is CC.Cc1cncc2c1C=CCC=C2. The number of hydrogen-bond acceptors (Lipinski definition) is 1. The Kier molecular flexibility index (Phi) is 4.11. The molecule has 1 nitrogen and oxygen atoms in total. The van der Waals surface area contributed by atoms with E-state index in [-0.39, 0.29) is 0 Å². The lowest BCUT2D eigenvalue weighted by Crippen LogP contribution is -1.87. The summed E-state index contributed by atoms with van der Waals surface area (Å²) < 4.78 is 0. The van der Waals surface area contributed by atoms with Gasteiger partial charge in [0.05, 0.1) is 0 Å². The van der Waals surface area contributed by atoms with Crippen molar-refractivity contribution in [3.05, 3.63) is 41.2 Å². The van der Waals surface area contributed by atoms with Gasteiger partial charge in [0, 0.05) is 12.4 Å². The maximum absolute atomic E-state index is 4.15. The van der Waals surface area contributed by atoms with Gasteiger partial charge in [-0.3, -0.25) is 4.98 Å². The van der Waals surface area contributed by atoms with Crippen LogP contribution in [-0.2, 0) is 0 Å². The minimum absolute atomic E-state index is 1.02. The molecule has 1 aromatic heterocycles. The number of aryl methyl sites for hydroxylation is 1. The van der Waals surface area contributed by atoms with Gasteiger partial charge in [0.2, 0.25) is 0 Å². The molecule has 1 aromatic rings. The van der Waals surface area contributed by atoms with E-state index in [0.29, 0.717) is 0 Å². The molecule has 1 heteroatoms. The molecule has 74 valence electrons. The highest BCUT2D eigenvalue weighted by molar-refractivity contribution is 5.68. The Labute approximate surface area is 86.2 Å². The molecule has 0 N–H and O–H groups in total. The first-order valence-electron chi connectivity index (χ1n) is 5.15. The van der Waals surface area contributed by atoms with Crippen LogP contribution in [0.15, 0.2) is 24.5 Å². The molecule has 0 unspecified atom stereocenters. The Morgan fingerprint density at radius 2 is 1.79 bits per heavy atom. The van der Waals surface area contributed by atoms with E-state index < -0.39 is 0 Å². The summed E-state index contributed by atoms with van der Waals surface area (Å²) in [6, 6.07) is 0. The molecular weight excluding hydrogens is 170 g/mol. The summed E-state index contributed by atoms with van der Waals surface area (Å²) in [5.74, 6) is 0. The van der Waals surface area contributed by atoms with Crippen molar-refractivity contribution in [2.45, 2.75) is 27.2 Å². The average Bonchev–Trinajstić information content (AvgIpc) is 2.47. The fourth-order valence-electron chi connectivity index (χ4n) is 1.42. The lowest BCUT2D eigenvalue weighted by molar-refractivity contribution is 1.25. The van der Waals surface area contributed by atoms with E-state index in [1.807, 2.05) is 26.2 Å². The Hall–Kier alpha value is -1.37. The summed E-state index contributed by atoms with van der Waals surface area (Å²) in [4.78, 5) is 4.15. The molecule has 0 fully saturated rings. The quantitative estimate of drug-likeness (QED) is 0.601. The summed E-state index contributed by atoms with van der Waals surface area (Å²) >= 11 is 0. The number of fused-ring (bicyclic) bond motifs is 1. The molecule has 1 aliphatic rings. The van der Waals surface area contributed by atoms with Crippen molar-refractivity contribution in [1.29, 1.82) is 0 Å². The molecule has 0 bridgehead atoms. The second kappa shape index (κ2) is 5.38. The van der Waals surface area contributed by atoms with Gasteiger partial charge in [-0.1, -0.05) is 38.2 Å². The number of aromatic nitrogens is 1. The lowest BCUT2D eigenvalue weighted by Gasteiger charge is -2.02. The molecule has 2 rings (SSSR count). The summed E-state index contributed by atoms with van der Waals surface area (Å²) in [5, 5.41) is 0. The highest BCUT2D eigenvalue weighted by atomic mass is 14.6. The van der Waals surface area contributed by atoms with Gasteiger partial charge in [0.1, 0.15) is 0 Å². The van der Waals surface area contributed by atoms with Crippen LogP contribution in [0.4, 0.5) is 0 Å². The first-order valence-corrected chi connectivity index (χ1v) is 5.15. The molecule has 0 spiro atoms. The van der Waals surface area contributed by atoms with Crippen molar-refractivity contribution in [1.82, 2.24) is 4.98 Å². The van der Waals surface area contributed by atoms with Crippen LogP contribution in [0, 0.1) is 6.92 Å².